The van der Waals surface area contributed by atoms with E-state index in [0.717, 1.165) is 16.5 Å². The first kappa shape index (κ1) is 24.3. The number of sulfonamides is 1. The largest absolute Gasteiger partial charge is 0.486 e. The Balaban J connectivity index is 1.42. The zero-order valence-corrected chi connectivity index (χ0v) is 21.8. The van der Waals surface area contributed by atoms with E-state index in [9.17, 15) is 13.2 Å². The monoisotopic (exact) mass is 534 g/mol. The molecule has 0 saturated heterocycles. The summed E-state index contributed by atoms with van der Waals surface area (Å²) in [7, 11) is -4.06. The molecule has 0 radical (unpaired) electrons. The highest BCUT2D eigenvalue weighted by Crippen LogP contribution is 2.36. The maximum atomic E-state index is 14.0. The Hall–Kier alpha value is -4.02. The fourth-order valence-electron chi connectivity index (χ4n) is 4.83. The number of hydrogen-bond donors (Lipinski definition) is 1. The highest BCUT2D eigenvalue weighted by Gasteiger charge is 2.29. The summed E-state index contributed by atoms with van der Waals surface area (Å²) in [6, 6.07) is 15.6. The van der Waals surface area contributed by atoms with E-state index in [1.54, 1.807) is 30.3 Å². The predicted octanol–water partition coefficient (Wildman–Crippen LogP) is 4.04. The molecule has 0 saturated carbocycles. The van der Waals surface area contributed by atoms with Gasteiger partial charge in [-0.3, -0.25) is 4.79 Å². The Kier molecular flexibility index (Phi) is 6.00. The molecule has 0 aliphatic carbocycles. The third kappa shape index (κ3) is 4.46. The van der Waals surface area contributed by atoms with Crippen molar-refractivity contribution in [2.75, 3.05) is 20.0 Å². The number of fused-ring (bicyclic) bond motifs is 3. The van der Waals surface area contributed by atoms with Crippen molar-refractivity contribution in [3.8, 4) is 23.0 Å². The van der Waals surface area contributed by atoms with Gasteiger partial charge in [0.15, 0.2) is 23.0 Å². The molecular weight excluding hydrogens is 508 g/mol. The van der Waals surface area contributed by atoms with Crippen molar-refractivity contribution in [2.24, 2.45) is 0 Å². The van der Waals surface area contributed by atoms with Crippen molar-refractivity contribution in [1.82, 2.24) is 9.29 Å². The lowest BCUT2D eigenvalue weighted by Crippen LogP contribution is -2.32. The van der Waals surface area contributed by atoms with E-state index >= 15 is 0 Å². The molecule has 0 amide bonds. The second-order valence-electron chi connectivity index (χ2n) is 9.43. The minimum Gasteiger partial charge on any atom is -0.486 e. The number of hydrogen-bond acceptors (Lipinski definition) is 7. The number of nitrogens with one attached hydrogen (secondary N) is 1. The van der Waals surface area contributed by atoms with Crippen LogP contribution in [0.4, 0.5) is 0 Å². The number of aromatic nitrogens is 1. The molecule has 0 spiro atoms. The van der Waals surface area contributed by atoms with Gasteiger partial charge in [0.05, 0.1) is 4.90 Å². The molecule has 3 heterocycles. The fraction of sp³-hybridized carbons (Fsp3) is 0.250. The van der Waals surface area contributed by atoms with Gasteiger partial charge in [-0.1, -0.05) is 12.1 Å². The molecule has 0 fully saturated rings. The van der Waals surface area contributed by atoms with Crippen molar-refractivity contribution < 1.29 is 27.4 Å². The average molecular weight is 535 g/mol. The molecule has 196 valence electrons. The van der Waals surface area contributed by atoms with Crippen LogP contribution >= 0.6 is 0 Å². The second kappa shape index (κ2) is 9.38. The molecule has 38 heavy (non-hydrogen) atoms. The quantitative estimate of drug-likeness (QED) is 0.398. The van der Waals surface area contributed by atoms with Gasteiger partial charge >= 0.3 is 0 Å². The molecule has 0 atom stereocenters. The molecule has 0 unspecified atom stereocenters. The summed E-state index contributed by atoms with van der Waals surface area (Å²) >= 11 is 0. The number of aryl methyl sites for hydroxylation is 2. The number of H-pyrrole nitrogens is 1. The summed E-state index contributed by atoms with van der Waals surface area (Å²) in [5.74, 6) is 2.02. The van der Waals surface area contributed by atoms with Crippen LogP contribution in [0.5, 0.6) is 23.0 Å². The molecular formula is C28H26N2O7S. The minimum absolute atomic E-state index is 0.0117. The lowest BCUT2D eigenvalue weighted by atomic mass is 10.0. The van der Waals surface area contributed by atoms with Crippen LogP contribution in [0, 0.1) is 13.8 Å². The molecule has 2 aliphatic heterocycles. The topological polar surface area (TPSA) is 107 Å². The maximum Gasteiger partial charge on any atom is 0.252 e. The Morgan fingerprint density at radius 1 is 0.816 bits per heavy atom. The van der Waals surface area contributed by atoms with Crippen LogP contribution in [0.25, 0.3) is 10.9 Å². The molecule has 6 rings (SSSR count). The van der Waals surface area contributed by atoms with E-state index in [1.165, 1.54) is 16.4 Å². The molecule has 9 nitrogen and oxygen atoms in total. The number of aromatic amines is 1. The lowest BCUT2D eigenvalue weighted by Gasteiger charge is -2.24. The SMILES string of the molecule is Cc1cc(C)c2cc(CN(Cc3ccc4c(c3)OCO4)S(=O)(=O)c3ccc4c(c3)OCCO4)c(=O)[nH]c2c1. The van der Waals surface area contributed by atoms with Crippen LogP contribution in [0.1, 0.15) is 22.3 Å². The van der Waals surface area contributed by atoms with Gasteiger partial charge in [-0.2, -0.15) is 4.31 Å². The highest BCUT2D eigenvalue weighted by molar-refractivity contribution is 7.89. The molecule has 10 heteroatoms. The molecule has 3 aromatic carbocycles. The molecule has 1 N–H and O–H groups in total. The number of benzene rings is 3. The fourth-order valence-corrected chi connectivity index (χ4v) is 6.25. The third-order valence-corrected chi connectivity index (χ3v) is 8.47. The van der Waals surface area contributed by atoms with Gasteiger partial charge in [-0.25, -0.2) is 8.42 Å². The van der Waals surface area contributed by atoms with Gasteiger partial charge in [-0.15, -0.1) is 0 Å². The summed E-state index contributed by atoms with van der Waals surface area (Å²) < 4.78 is 51.4. The second-order valence-corrected chi connectivity index (χ2v) is 11.4. The Labute approximate surface area is 219 Å². The van der Waals surface area contributed by atoms with Crippen molar-refractivity contribution >= 4 is 20.9 Å². The molecule has 1 aromatic heterocycles. The summed E-state index contributed by atoms with van der Waals surface area (Å²) in [5.41, 5.74) is 3.44. The number of pyridine rings is 1. The van der Waals surface area contributed by atoms with Crippen molar-refractivity contribution in [3.05, 3.63) is 87.2 Å². The minimum atomic E-state index is -4.06. The normalized spacial score (nSPS) is 14.3. The van der Waals surface area contributed by atoms with E-state index in [0.29, 0.717) is 52.9 Å². The van der Waals surface area contributed by atoms with Gasteiger partial charge in [0.2, 0.25) is 16.8 Å². The van der Waals surface area contributed by atoms with Gasteiger partial charge < -0.3 is 23.9 Å². The molecule has 0 bridgehead atoms. The van der Waals surface area contributed by atoms with E-state index in [2.05, 4.69) is 4.98 Å². The first-order chi connectivity index (χ1) is 18.3. The zero-order valence-electron chi connectivity index (χ0n) is 20.9. The predicted molar refractivity (Wildman–Crippen MR) is 140 cm³/mol. The Morgan fingerprint density at radius 3 is 2.37 bits per heavy atom. The van der Waals surface area contributed by atoms with Gasteiger partial charge in [0, 0.05) is 35.6 Å². The van der Waals surface area contributed by atoms with Crippen LogP contribution in [0.2, 0.25) is 0 Å². The van der Waals surface area contributed by atoms with Crippen LogP contribution in [0.15, 0.2) is 64.3 Å². The summed E-state index contributed by atoms with van der Waals surface area (Å²) in [5, 5.41) is 0.866. The third-order valence-electron chi connectivity index (χ3n) is 6.68. The first-order valence-electron chi connectivity index (χ1n) is 12.2. The van der Waals surface area contributed by atoms with E-state index in [-0.39, 0.29) is 30.3 Å². The van der Waals surface area contributed by atoms with Crippen molar-refractivity contribution in [2.45, 2.75) is 31.8 Å². The average Bonchev–Trinajstić information content (AvgIpc) is 3.36. The Morgan fingerprint density at radius 2 is 1.53 bits per heavy atom. The Bertz CT molecular complexity index is 1730. The lowest BCUT2D eigenvalue weighted by molar-refractivity contribution is 0.171. The number of rotatable bonds is 6. The zero-order chi connectivity index (χ0) is 26.4. The van der Waals surface area contributed by atoms with Gasteiger partial charge in [-0.05, 0) is 66.9 Å². The van der Waals surface area contributed by atoms with Crippen LogP contribution in [-0.2, 0) is 23.1 Å². The first-order valence-corrected chi connectivity index (χ1v) is 13.6. The number of nitrogens with zero attached hydrogens (tertiary/aromatic N) is 1. The van der Waals surface area contributed by atoms with Gasteiger partial charge in [0.25, 0.3) is 5.56 Å². The highest BCUT2D eigenvalue weighted by atomic mass is 32.2. The van der Waals surface area contributed by atoms with E-state index in [1.807, 2.05) is 26.0 Å². The van der Waals surface area contributed by atoms with Crippen molar-refractivity contribution in [1.29, 1.82) is 0 Å². The molecule has 4 aromatic rings. The summed E-state index contributed by atoms with van der Waals surface area (Å²) in [6.45, 7) is 4.66. The standard InChI is InChI=1S/C28H26N2O7S/c1-17-9-18(2)22-12-20(28(31)29-23(22)10-17)15-30(14-19-3-5-25-26(11-19)37-16-36-25)38(32,33)21-4-6-24-27(13-21)35-8-7-34-24/h3-6,9-13H,7-8,14-16H2,1-2H3,(H,29,31). The van der Waals surface area contributed by atoms with E-state index < -0.39 is 10.0 Å². The molecule has 2 aliphatic rings. The maximum absolute atomic E-state index is 14.0. The smallest absolute Gasteiger partial charge is 0.252 e. The van der Waals surface area contributed by atoms with Crippen molar-refractivity contribution in [3.63, 3.8) is 0 Å². The number of ether oxygens (including phenoxy) is 4. The van der Waals surface area contributed by atoms with E-state index in [4.69, 9.17) is 18.9 Å². The van der Waals surface area contributed by atoms with Crippen LogP contribution in [-0.4, -0.2) is 37.7 Å². The van der Waals surface area contributed by atoms with Crippen LogP contribution < -0.4 is 24.5 Å². The summed E-state index contributed by atoms with van der Waals surface area (Å²) in [6.07, 6.45) is 0. The van der Waals surface area contributed by atoms with Gasteiger partial charge in [0.1, 0.15) is 13.2 Å². The van der Waals surface area contributed by atoms with Crippen LogP contribution in [0.3, 0.4) is 0 Å². The summed E-state index contributed by atoms with van der Waals surface area (Å²) in [4.78, 5) is 16.1.